The average molecular weight is 401 g/mol. The number of hydrogen-bond donors (Lipinski definition) is 0. The summed E-state index contributed by atoms with van der Waals surface area (Å²) in [5, 5.41) is 0.962. The smallest absolute Gasteiger partial charge is 0.227 e. The predicted molar refractivity (Wildman–Crippen MR) is 103 cm³/mol. The first kappa shape index (κ1) is 19.9. The molecular weight excluding hydrogens is 375 g/mol. The molecule has 1 amide bonds. The lowest BCUT2D eigenvalue weighted by Crippen LogP contribution is -2.57. The lowest BCUT2D eigenvalue weighted by atomic mass is 9.84. The normalized spacial score (nSPS) is 25.0. The monoisotopic (exact) mass is 400 g/mol. The Balaban J connectivity index is 1.74. The van der Waals surface area contributed by atoms with Crippen LogP contribution in [0.3, 0.4) is 0 Å². The number of amides is 1. The minimum atomic E-state index is -0.532. The summed E-state index contributed by atoms with van der Waals surface area (Å²) in [5.74, 6) is -0.481. The number of carbonyl (C=O) groups is 1. The van der Waals surface area contributed by atoms with Crippen LogP contribution in [-0.4, -0.2) is 67.9 Å². The van der Waals surface area contributed by atoms with Crippen LogP contribution in [0.4, 0.5) is 0 Å². The highest BCUT2D eigenvalue weighted by atomic mass is 35.5. The zero-order valence-corrected chi connectivity index (χ0v) is 17.0. The van der Waals surface area contributed by atoms with Gasteiger partial charge in [0.05, 0.1) is 35.7 Å². The van der Waals surface area contributed by atoms with Gasteiger partial charge in [0.25, 0.3) is 0 Å². The Morgan fingerprint density at radius 1 is 1.15 bits per heavy atom. The summed E-state index contributed by atoms with van der Waals surface area (Å²) >= 11 is 12.0. The van der Waals surface area contributed by atoms with Crippen molar-refractivity contribution < 1.29 is 14.3 Å². The lowest BCUT2D eigenvalue weighted by Gasteiger charge is -2.47. The third-order valence-electron chi connectivity index (χ3n) is 5.49. The standard InChI is InChI=1S/C19H26Cl2N2O3/c1-22(2)16-6-7-19(25-8-9-26-19)12-17(16)23(3)18(24)11-13-4-5-14(20)15(21)10-13/h4-5,10,16-17H,6-9,11-12H2,1-3H3. The van der Waals surface area contributed by atoms with E-state index in [9.17, 15) is 4.79 Å². The molecule has 1 aromatic rings. The summed E-state index contributed by atoms with van der Waals surface area (Å²) in [6, 6.07) is 5.63. The van der Waals surface area contributed by atoms with Gasteiger partial charge >= 0.3 is 0 Å². The molecule has 7 heteroatoms. The molecule has 1 saturated heterocycles. The number of halogens is 2. The van der Waals surface area contributed by atoms with Crippen molar-refractivity contribution in [3.63, 3.8) is 0 Å². The Kier molecular flexibility index (Phi) is 6.14. The van der Waals surface area contributed by atoms with Gasteiger partial charge in [-0.05, 0) is 38.2 Å². The molecule has 2 aliphatic rings. The van der Waals surface area contributed by atoms with Crippen molar-refractivity contribution in [3.8, 4) is 0 Å². The van der Waals surface area contributed by atoms with E-state index >= 15 is 0 Å². The molecule has 1 aliphatic carbocycles. The Morgan fingerprint density at radius 3 is 2.46 bits per heavy atom. The molecule has 2 atom stereocenters. The summed E-state index contributed by atoms with van der Waals surface area (Å²) in [4.78, 5) is 17.0. The predicted octanol–water partition coefficient (Wildman–Crippen LogP) is 3.22. The second kappa shape index (κ2) is 8.03. The summed E-state index contributed by atoms with van der Waals surface area (Å²) in [6.45, 7) is 1.25. The van der Waals surface area contributed by atoms with Gasteiger partial charge in [-0.3, -0.25) is 4.79 Å². The van der Waals surface area contributed by atoms with Crippen molar-refractivity contribution in [2.24, 2.45) is 0 Å². The van der Waals surface area contributed by atoms with Crippen molar-refractivity contribution in [2.45, 2.75) is 43.6 Å². The van der Waals surface area contributed by atoms with Crippen molar-refractivity contribution in [2.75, 3.05) is 34.4 Å². The number of benzene rings is 1. The van der Waals surface area contributed by atoms with E-state index in [0.717, 1.165) is 18.4 Å². The van der Waals surface area contributed by atoms with Crippen LogP contribution in [0.5, 0.6) is 0 Å². The number of hydrogen-bond acceptors (Lipinski definition) is 4. The summed E-state index contributed by atoms with van der Waals surface area (Å²) < 4.78 is 11.8. The molecule has 1 heterocycles. The van der Waals surface area contributed by atoms with Gasteiger partial charge in [-0.1, -0.05) is 29.3 Å². The molecule has 0 N–H and O–H groups in total. The van der Waals surface area contributed by atoms with E-state index in [2.05, 4.69) is 19.0 Å². The molecule has 0 aromatic heterocycles. The number of likely N-dealkylation sites (N-methyl/N-ethyl adjacent to an activating group) is 2. The fourth-order valence-electron chi connectivity index (χ4n) is 4.01. The molecule has 2 unspecified atom stereocenters. The first-order valence-electron chi connectivity index (χ1n) is 8.95. The number of nitrogens with zero attached hydrogens (tertiary/aromatic N) is 2. The number of ether oxygens (including phenoxy) is 2. The van der Waals surface area contributed by atoms with Gasteiger partial charge in [0.2, 0.25) is 5.91 Å². The van der Waals surface area contributed by atoms with Gasteiger partial charge < -0.3 is 19.3 Å². The fraction of sp³-hybridized carbons (Fsp3) is 0.632. The van der Waals surface area contributed by atoms with E-state index in [0.29, 0.717) is 36.1 Å². The summed E-state index contributed by atoms with van der Waals surface area (Å²) in [7, 11) is 5.99. The SMILES string of the molecule is CN(C)C1CCC2(CC1N(C)C(=O)Cc1ccc(Cl)c(Cl)c1)OCCO2. The highest BCUT2D eigenvalue weighted by Crippen LogP contribution is 2.39. The van der Waals surface area contributed by atoms with E-state index in [-0.39, 0.29) is 18.0 Å². The number of carbonyl (C=O) groups excluding carboxylic acids is 1. The topological polar surface area (TPSA) is 42.0 Å². The molecule has 1 aliphatic heterocycles. The summed E-state index contributed by atoms with van der Waals surface area (Å²) in [6.07, 6.45) is 2.78. The van der Waals surface area contributed by atoms with E-state index in [1.165, 1.54) is 0 Å². The Morgan fingerprint density at radius 2 is 1.85 bits per heavy atom. The van der Waals surface area contributed by atoms with E-state index in [4.69, 9.17) is 32.7 Å². The second-order valence-corrected chi connectivity index (χ2v) is 8.19. The Labute approximate surface area is 165 Å². The van der Waals surface area contributed by atoms with Crippen LogP contribution in [0, 0.1) is 0 Å². The molecule has 0 radical (unpaired) electrons. The fourth-order valence-corrected chi connectivity index (χ4v) is 4.33. The second-order valence-electron chi connectivity index (χ2n) is 7.38. The molecule has 1 saturated carbocycles. The van der Waals surface area contributed by atoms with Crippen LogP contribution in [0.2, 0.25) is 10.0 Å². The maximum atomic E-state index is 12.9. The molecule has 5 nitrogen and oxygen atoms in total. The van der Waals surface area contributed by atoms with Gasteiger partial charge in [0, 0.05) is 25.9 Å². The molecule has 144 valence electrons. The molecule has 2 fully saturated rings. The molecule has 26 heavy (non-hydrogen) atoms. The van der Waals surface area contributed by atoms with Gasteiger partial charge in [0.15, 0.2) is 5.79 Å². The van der Waals surface area contributed by atoms with Crippen LogP contribution >= 0.6 is 23.2 Å². The van der Waals surface area contributed by atoms with E-state index < -0.39 is 5.79 Å². The van der Waals surface area contributed by atoms with E-state index in [1.807, 2.05) is 18.0 Å². The molecular formula is C19H26Cl2N2O3. The van der Waals surface area contributed by atoms with Crippen LogP contribution in [-0.2, 0) is 20.7 Å². The zero-order chi connectivity index (χ0) is 18.9. The minimum Gasteiger partial charge on any atom is -0.347 e. The van der Waals surface area contributed by atoms with Crippen LogP contribution in [0.25, 0.3) is 0 Å². The van der Waals surface area contributed by atoms with Crippen molar-refractivity contribution >= 4 is 29.1 Å². The van der Waals surface area contributed by atoms with Crippen molar-refractivity contribution in [1.29, 1.82) is 0 Å². The highest BCUT2D eigenvalue weighted by Gasteiger charge is 2.47. The zero-order valence-electron chi connectivity index (χ0n) is 15.5. The van der Waals surface area contributed by atoms with Crippen molar-refractivity contribution in [3.05, 3.63) is 33.8 Å². The Hall–Kier alpha value is -0.850. The molecule has 3 rings (SSSR count). The maximum Gasteiger partial charge on any atom is 0.227 e. The van der Waals surface area contributed by atoms with Gasteiger partial charge in [-0.25, -0.2) is 0 Å². The third-order valence-corrected chi connectivity index (χ3v) is 6.23. The Bertz CT molecular complexity index is 662. The lowest BCUT2D eigenvalue weighted by molar-refractivity contribution is -0.197. The van der Waals surface area contributed by atoms with Gasteiger partial charge in [0.1, 0.15) is 0 Å². The van der Waals surface area contributed by atoms with Crippen LogP contribution in [0.1, 0.15) is 24.8 Å². The van der Waals surface area contributed by atoms with Gasteiger partial charge in [-0.2, -0.15) is 0 Å². The van der Waals surface area contributed by atoms with E-state index in [1.54, 1.807) is 12.1 Å². The molecule has 1 aromatic carbocycles. The largest absolute Gasteiger partial charge is 0.347 e. The van der Waals surface area contributed by atoms with Crippen LogP contribution in [0.15, 0.2) is 18.2 Å². The van der Waals surface area contributed by atoms with Gasteiger partial charge in [-0.15, -0.1) is 0 Å². The third kappa shape index (κ3) is 4.18. The minimum absolute atomic E-state index is 0.0344. The quantitative estimate of drug-likeness (QED) is 0.777. The van der Waals surface area contributed by atoms with Crippen molar-refractivity contribution in [1.82, 2.24) is 9.80 Å². The molecule has 0 bridgehead atoms. The first-order valence-corrected chi connectivity index (χ1v) is 9.71. The summed E-state index contributed by atoms with van der Waals surface area (Å²) in [5.41, 5.74) is 0.858. The first-order chi connectivity index (χ1) is 12.3. The average Bonchev–Trinajstić information content (AvgIpc) is 3.05. The highest BCUT2D eigenvalue weighted by molar-refractivity contribution is 6.42. The van der Waals surface area contributed by atoms with Crippen LogP contribution < -0.4 is 0 Å². The number of rotatable bonds is 4. The molecule has 1 spiro atoms. The maximum absolute atomic E-state index is 12.9.